The van der Waals surface area contributed by atoms with Gasteiger partial charge in [-0.15, -0.1) is 6.58 Å². The minimum Gasteiger partial charge on any atom is -0.390 e. The molecule has 6 heteroatoms. The zero-order valence-corrected chi connectivity index (χ0v) is 20.9. The lowest BCUT2D eigenvalue weighted by Gasteiger charge is -2.51. The van der Waals surface area contributed by atoms with Gasteiger partial charge in [-0.1, -0.05) is 92.7 Å². The van der Waals surface area contributed by atoms with E-state index < -0.39 is 35.4 Å². The van der Waals surface area contributed by atoms with E-state index in [1.165, 1.54) is 0 Å². The van der Waals surface area contributed by atoms with Crippen LogP contribution in [0.3, 0.4) is 0 Å². The van der Waals surface area contributed by atoms with Crippen molar-refractivity contribution in [1.82, 2.24) is 0 Å². The molecular formula is C29H38O6. The lowest BCUT2D eigenvalue weighted by atomic mass is 9.63. The molecule has 2 N–H and O–H groups in total. The SMILES string of the molecule is C=CCC1(O)C(OCc2ccccc2)/C=C\C(OCOC)C(OCc2ccccc2)C(O)C1(C)C. The first-order valence-corrected chi connectivity index (χ1v) is 11.9. The third-order valence-electron chi connectivity index (χ3n) is 6.83. The van der Waals surface area contributed by atoms with Crippen molar-refractivity contribution in [2.24, 2.45) is 5.41 Å². The van der Waals surface area contributed by atoms with Crippen LogP contribution in [0, 0.1) is 5.41 Å². The van der Waals surface area contributed by atoms with Crippen molar-refractivity contribution in [2.45, 2.75) is 63.5 Å². The van der Waals surface area contributed by atoms with E-state index in [9.17, 15) is 10.2 Å². The van der Waals surface area contributed by atoms with Gasteiger partial charge in [0.1, 0.15) is 30.7 Å². The average molecular weight is 483 g/mol. The zero-order valence-electron chi connectivity index (χ0n) is 20.9. The van der Waals surface area contributed by atoms with Crippen molar-refractivity contribution < 1.29 is 29.2 Å². The molecule has 0 aromatic heterocycles. The third kappa shape index (κ3) is 6.47. The first-order valence-electron chi connectivity index (χ1n) is 11.9. The molecule has 0 fully saturated rings. The maximum absolute atomic E-state index is 12.0. The molecule has 6 nitrogen and oxygen atoms in total. The number of hydrogen-bond donors (Lipinski definition) is 2. The minimum absolute atomic E-state index is 0.0276. The van der Waals surface area contributed by atoms with Crippen molar-refractivity contribution in [3.05, 3.63) is 96.6 Å². The van der Waals surface area contributed by atoms with Gasteiger partial charge in [-0.05, 0) is 17.5 Å². The van der Waals surface area contributed by atoms with Gasteiger partial charge in [-0.3, -0.25) is 0 Å². The van der Waals surface area contributed by atoms with Gasteiger partial charge in [0.2, 0.25) is 0 Å². The zero-order chi connectivity index (χ0) is 25.3. The molecule has 2 aromatic rings. The summed E-state index contributed by atoms with van der Waals surface area (Å²) >= 11 is 0. The van der Waals surface area contributed by atoms with Gasteiger partial charge < -0.3 is 29.2 Å². The number of aliphatic hydroxyl groups is 2. The summed E-state index contributed by atoms with van der Waals surface area (Å²) in [5, 5.41) is 23.7. The second-order valence-electron chi connectivity index (χ2n) is 9.48. The normalized spacial score (nSPS) is 29.2. The molecule has 3 rings (SSSR count). The second-order valence-corrected chi connectivity index (χ2v) is 9.48. The number of benzene rings is 2. The van der Waals surface area contributed by atoms with Crippen molar-refractivity contribution in [3.8, 4) is 0 Å². The largest absolute Gasteiger partial charge is 0.390 e. The lowest BCUT2D eigenvalue weighted by Crippen LogP contribution is -2.63. The number of hydrogen-bond acceptors (Lipinski definition) is 6. The fraction of sp³-hybridized carbons (Fsp3) is 0.448. The molecule has 2 aromatic carbocycles. The van der Waals surface area contributed by atoms with Crippen LogP contribution >= 0.6 is 0 Å². The third-order valence-corrected chi connectivity index (χ3v) is 6.83. The van der Waals surface area contributed by atoms with Crippen LogP contribution in [0.1, 0.15) is 31.4 Å². The monoisotopic (exact) mass is 482 g/mol. The first-order chi connectivity index (χ1) is 16.8. The highest BCUT2D eigenvalue weighted by Gasteiger charge is 2.56. The standard InChI is InChI=1S/C29H38O6/c1-5-18-29(31)25(33-19-22-12-8-6-9-13-22)17-16-24(35-21-32-4)26(27(30)28(29,2)3)34-20-23-14-10-7-11-15-23/h5-17,24-27,30-31H,1,18-21H2,2-4H3/b17-16-. The molecule has 0 bridgehead atoms. The second kappa shape index (κ2) is 12.6. The van der Waals surface area contributed by atoms with Crippen LogP contribution in [0.25, 0.3) is 0 Å². The summed E-state index contributed by atoms with van der Waals surface area (Å²) in [7, 11) is 1.54. The van der Waals surface area contributed by atoms with Gasteiger partial charge in [0.25, 0.3) is 0 Å². The van der Waals surface area contributed by atoms with Gasteiger partial charge in [0.05, 0.1) is 19.3 Å². The molecule has 0 radical (unpaired) electrons. The summed E-state index contributed by atoms with van der Waals surface area (Å²) in [5.41, 5.74) is -0.554. The van der Waals surface area contributed by atoms with Gasteiger partial charge in [-0.25, -0.2) is 0 Å². The molecule has 0 saturated heterocycles. The van der Waals surface area contributed by atoms with E-state index in [4.69, 9.17) is 18.9 Å². The molecular weight excluding hydrogens is 444 g/mol. The van der Waals surface area contributed by atoms with Crippen LogP contribution in [-0.4, -0.2) is 54.1 Å². The Labute approximate surface area is 208 Å². The number of methoxy groups -OCH3 is 1. The Balaban J connectivity index is 1.95. The summed E-state index contributed by atoms with van der Waals surface area (Å²) in [6.45, 7) is 8.12. The van der Waals surface area contributed by atoms with E-state index in [1.54, 1.807) is 25.3 Å². The summed E-state index contributed by atoms with van der Waals surface area (Å²) in [5.74, 6) is 0. The van der Waals surface area contributed by atoms with Crippen molar-refractivity contribution in [3.63, 3.8) is 0 Å². The minimum atomic E-state index is -1.46. The first kappa shape index (κ1) is 27.3. The van der Waals surface area contributed by atoms with Crippen molar-refractivity contribution in [1.29, 1.82) is 0 Å². The van der Waals surface area contributed by atoms with Crippen LogP contribution in [0.15, 0.2) is 85.5 Å². The van der Waals surface area contributed by atoms with Crippen molar-refractivity contribution >= 4 is 0 Å². The lowest BCUT2D eigenvalue weighted by molar-refractivity contribution is -0.230. The topological polar surface area (TPSA) is 77.4 Å². The number of rotatable bonds is 11. The van der Waals surface area contributed by atoms with E-state index in [1.807, 2.05) is 74.5 Å². The average Bonchev–Trinajstić information content (AvgIpc) is 2.87. The maximum Gasteiger partial charge on any atom is 0.147 e. The number of aliphatic hydroxyl groups excluding tert-OH is 1. The molecule has 0 aliphatic heterocycles. The molecule has 0 amide bonds. The van der Waals surface area contributed by atoms with Crippen molar-refractivity contribution in [2.75, 3.05) is 13.9 Å². The smallest absolute Gasteiger partial charge is 0.147 e. The summed E-state index contributed by atoms with van der Waals surface area (Å²) in [4.78, 5) is 0. The molecule has 0 heterocycles. The Morgan fingerprint density at radius 3 is 2.00 bits per heavy atom. The maximum atomic E-state index is 12.0. The molecule has 1 aliphatic carbocycles. The molecule has 1 aliphatic rings. The Kier molecular flexibility index (Phi) is 9.80. The predicted octanol–water partition coefficient (Wildman–Crippen LogP) is 4.41. The summed E-state index contributed by atoms with van der Waals surface area (Å²) < 4.78 is 23.5. The van der Waals surface area contributed by atoms with Gasteiger partial charge in [0, 0.05) is 12.5 Å². The molecule has 190 valence electrons. The Bertz CT molecular complexity index is 929. The van der Waals surface area contributed by atoms with Gasteiger partial charge >= 0.3 is 0 Å². The highest BCUT2D eigenvalue weighted by Crippen LogP contribution is 2.45. The fourth-order valence-corrected chi connectivity index (χ4v) is 4.49. The number of ether oxygens (including phenoxy) is 4. The fourth-order valence-electron chi connectivity index (χ4n) is 4.49. The van der Waals surface area contributed by atoms with Gasteiger partial charge in [0.15, 0.2) is 0 Å². The van der Waals surface area contributed by atoms with Crippen LogP contribution in [0.5, 0.6) is 0 Å². The predicted molar refractivity (Wildman–Crippen MR) is 135 cm³/mol. The Morgan fingerprint density at radius 2 is 1.46 bits per heavy atom. The Morgan fingerprint density at radius 1 is 0.886 bits per heavy atom. The van der Waals surface area contributed by atoms with Crippen LogP contribution < -0.4 is 0 Å². The Hall–Kier alpha value is -2.32. The van der Waals surface area contributed by atoms with E-state index in [2.05, 4.69) is 6.58 Å². The summed E-state index contributed by atoms with van der Waals surface area (Å²) in [6, 6.07) is 19.5. The summed E-state index contributed by atoms with van der Waals surface area (Å²) in [6.07, 6.45) is 2.26. The molecule has 0 saturated carbocycles. The van der Waals surface area contributed by atoms with Crippen LogP contribution in [-0.2, 0) is 32.2 Å². The molecule has 5 atom stereocenters. The van der Waals surface area contributed by atoms with Crippen LogP contribution in [0.4, 0.5) is 0 Å². The molecule has 35 heavy (non-hydrogen) atoms. The van der Waals surface area contributed by atoms with E-state index in [-0.39, 0.29) is 19.8 Å². The molecule has 5 unspecified atom stereocenters. The van der Waals surface area contributed by atoms with E-state index in [0.717, 1.165) is 11.1 Å². The van der Waals surface area contributed by atoms with E-state index in [0.29, 0.717) is 6.61 Å². The highest BCUT2D eigenvalue weighted by atomic mass is 16.7. The highest BCUT2D eigenvalue weighted by molar-refractivity contribution is 5.19. The van der Waals surface area contributed by atoms with Gasteiger partial charge in [-0.2, -0.15) is 0 Å². The quantitative estimate of drug-likeness (QED) is 0.365. The molecule has 0 spiro atoms. The van der Waals surface area contributed by atoms with E-state index >= 15 is 0 Å². The van der Waals surface area contributed by atoms with Crippen LogP contribution in [0.2, 0.25) is 0 Å².